The zero-order valence-electron chi connectivity index (χ0n) is 15.4. The van der Waals surface area contributed by atoms with Crippen molar-refractivity contribution in [1.82, 2.24) is 4.90 Å². The van der Waals surface area contributed by atoms with Crippen molar-refractivity contribution in [2.45, 2.75) is 0 Å². The lowest BCUT2D eigenvalue weighted by molar-refractivity contribution is 0.208. The van der Waals surface area contributed by atoms with E-state index in [1.807, 2.05) is 53.4 Å². The second-order valence-corrected chi connectivity index (χ2v) is 6.60. The maximum Gasteiger partial charge on any atom is 0.321 e. The van der Waals surface area contributed by atoms with Gasteiger partial charge in [-0.25, -0.2) is 4.79 Å². The first-order valence-electron chi connectivity index (χ1n) is 9.18. The van der Waals surface area contributed by atoms with E-state index in [-0.39, 0.29) is 6.03 Å². The second kappa shape index (κ2) is 7.58. The van der Waals surface area contributed by atoms with Gasteiger partial charge in [0.25, 0.3) is 0 Å². The first-order valence-corrected chi connectivity index (χ1v) is 9.18. The smallest absolute Gasteiger partial charge is 0.321 e. The highest BCUT2D eigenvalue weighted by atomic mass is 16.5. The van der Waals surface area contributed by atoms with Gasteiger partial charge in [-0.15, -0.1) is 0 Å². The fourth-order valence-electron chi connectivity index (χ4n) is 3.57. The SMILES string of the molecule is COc1ccccc1N1CCN(C(=O)Nc2cccc3ccccc23)CC1. The number of urea groups is 1. The lowest BCUT2D eigenvalue weighted by Crippen LogP contribution is -2.50. The number of fused-ring (bicyclic) bond motifs is 1. The number of carbonyl (C=O) groups excluding carboxylic acids is 1. The third-order valence-electron chi connectivity index (χ3n) is 5.02. The summed E-state index contributed by atoms with van der Waals surface area (Å²) < 4.78 is 5.46. The molecule has 138 valence electrons. The van der Waals surface area contributed by atoms with Crippen molar-refractivity contribution in [1.29, 1.82) is 0 Å². The topological polar surface area (TPSA) is 44.8 Å². The quantitative estimate of drug-likeness (QED) is 0.760. The minimum atomic E-state index is -0.0500. The molecule has 0 spiro atoms. The number of ether oxygens (including phenoxy) is 1. The molecular weight excluding hydrogens is 338 g/mol. The lowest BCUT2D eigenvalue weighted by Gasteiger charge is -2.36. The maximum absolute atomic E-state index is 12.7. The standard InChI is InChI=1S/C22H23N3O2/c1-27-21-12-5-4-11-20(21)24-13-15-25(16-14-24)22(26)23-19-10-6-8-17-7-2-3-9-18(17)19/h2-12H,13-16H2,1H3,(H,23,26). The third kappa shape index (κ3) is 3.53. The summed E-state index contributed by atoms with van der Waals surface area (Å²) >= 11 is 0. The average Bonchev–Trinajstić information content (AvgIpc) is 2.74. The molecule has 0 saturated carbocycles. The molecule has 5 nitrogen and oxygen atoms in total. The molecule has 5 heteroatoms. The molecule has 0 radical (unpaired) electrons. The Morgan fingerprint density at radius 3 is 2.41 bits per heavy atom. The van der Waals surface area contributed by atoms with Gasteiger partial charge >= 0.3 is 6.03 Å². The van der Waals surface area contributed by atoms with Gasteiger partial charge < -0.3 is 19.9 Å². The van der Waals surface area contributed by atoms with Crippen LogP contribution in [0.25, 0.3) is 10.8 Å². The minimum Gasteiger partial charge on any atom is -0.495 e. The van der Waals surface area contributed by atoms with E-state index in [0.29, 0.717) is 13.1 Å². The maximum atomic E-state index is 12.7. The normalized spacial score (nSPS) is 14.3. The van der Waals surface area contributed by atoms with E-state index in [1.165, 1.54) is 0 Å². The van der Waals surface area contributed by atoms with E-state index < -0.39 is 0 Å². The molecule has 0 unspecified atom stereocenters. The Hall–Kier alpha value is -3.21. The van der Waals surface area contributed by atoms with Crippen molar-refractivity contribution in [2.75, 3.05) is 43.5 Å². The summed E-state index contributed by atoms with van der Waals surface area (Å²) in [6.45, 7) is 2.91. The number of nitrogens with zero attached hydrogens (tertiary/aromatic N) is 2. The number of rotatable bonds is 3. The zero-order chi connectivity index (χ0) is 18.6. The van der Waals surface area contributed by atoms with Gasteiger partial charge in [-0.05, 0) is 23.6 Å². The van der Waals surface area contributed by atoms with Crippen LogP contribution >= 0.6 is 0 Å². The summed E-state index contributed by atoms with van der Waals surface area (Å²) in [5, 5.41) is 5.25. The van der Waals surface area contributed by atoms with Crippen LogP contribution < -0.4 is 15.0 Å². The largest absolute Gasteiger partial charge is 0.495 e. The molecule has 1 fully saturated rings. The predicted octanol–water partition coefficient (Wildman–Crippen LogP) is 4.20. The van der Waals surface area contributed by atoms with E-state index >= 15 is 0 Å². The second-order valence-electron chi connectivity index (χ2n) is 6.60. The summed E-state index contributed by atoms with van der Waals surface area (Å²) in [4.78, 5) is 16.9. The van der Waals surface area contributed by atoms with Crippen LogP contribution in [-0.4, -0.2) is 44.2 Å². The molecule has 1 aliphatic rings. The van der Waals surface area contributed by atoms with Gasteiger partial charge in [0.05, 0.1) is 18.5 Å². The molecule has 1 N–H and O–H groups in total. The van der Waals surface area contributed by atoms with E-state index in [0.717, 1.165) is 41.0 Å². The molecule has 2 amide bonds. The van der Waals surface area contributed by atoms with Gasteiger partial charge in [0, 0.05) is 31.6 Å². The Labute approximate surface area is 159 Å². The lowest BCUT2D eigenvalue weighted by atomic mass is 10.1. The zero-order valence-corrected chi connectivity index (χ0v) is 15.4. The van der Waals surface area contributed by atoms with Crippen LogP contribution in [0, 0.1) is 0 Å². The number of benzene rings is 3. The molecule has 0 aromatic heterocycles. The minimum absolute atomic E-state index is 0.0500. The van der Waals surface area contributed by atoms with E-state index in [4.69, 9.17) is 4.74 Å². The predicted molar refractivity (Wildman–Crippen MR) is 110 cm³/mol. The van der Waals surface area contributed by atoms with Crippen molar-refractivity contribution in [3.8, 4) is 5.75 Å². The Balaban J connectivity index is 1.43. The molecule has 3 aromatic carbocycles. The van der Waals surface area contributed by atoms with Gasteiger partial charge in [-0.1, -0.05) is 48.5 Å². The summed E-state index contributed by atoms with van der Waals surface area (Å²) in [5.74, 6) is 0.867. The van der Waals surface area contributed by atoms with Gasteiger partial charge in [0.2, 0.25) is 0 Å². The number of hydrogen-bond donors (Lipinski definition) is 1. The van der Waals surface area contributed by atoms with Gasteiger partial charge in [-0.2, -0.15) is 0 Å². The van der Waals surface area contributed by atoms with Crippen LogP contribution in [0.3, 0.4) is 0 Å². The molecule has 1 heterocycles. The Morgan fingerprint density at radius 1 is 0.889 bits per heavy atom. The highest BCUT2D eigenvalue weighted by Crippen LogP contribution is 2.28. The fourth-order valence-corrected chi connectivity index (χ4v) is 3.57. The van der Waals surface area contributed by atoms with E-state index in [2.05, 4.69) is 28.4 Å². The molecule has 4 rings (SSSR count). The van der Waals surface area contributed by atoms with Crippen LogP contribution in [0.4, 0.5) is 16.2 Å². The monoisotopic (exact) mass is 361 g/mol. The highest BCUT2D eigenvalue weighted by Gasteiger charge is 2.23. The number of para-hydroxylation sites is 2. The molecule has 0 bridgehead atoms. The van der Waals surface area contributed by atoms with Crippen molar-refractivity contribution < 1.29 is 9.53 Å². The summed E-state index contributed by atoms with van der Waals surface area (Å²) in [7, 11) is 1.69. The van der Waals surface area contributed by atoms with Crippen molar-refractivity contribution in [3.63, 3.8) is 0 Å². The van der Waals surface area contributed by atoms with Crippen molar-refractivity contribution in [3.05, 3.63) is 66.7 Å². The Morgan fingerprint density at radius 2 is 1.59 bits per heavy atom. The first-order chi connectivity index (χ1) is 13.3. The van der Waals surface area contributed by atoms with Gasteiger partial charge in [0.1, 0.15) is 5.75 Å². The van der Waals surface area contributed by atoms with Crippen LogP contribution in [0.2, 0.25) is 0 Å². The summed E-state index contributed by atoms with van der Waals surface area (Å²) in [6.07, 6.45) is 0. The summed E-state index contributed by atoms with van der Waals surface area (Å²) in [5.41, 5.74) is 1.93. The summed E-state index contributed by atoms with van der Waals surface area (Å²) in [6, 6.07) is 22.0. The first kappa shape index (κ1) is 17.2. The Bertz CT molecular complexity index is 944. The average molecular weight is 361 g/mol. The fraction of sp³-hybridized carbons (Fsp3) is 0.227. The molecule has 3 aromatic rings. The molecule has 1 aliphatic heterocycles. The number of amides is 2. The molecule has 0 aliphatic carbocycles. The van der Waals surface area contributed by atoms with Gasteiger partial charge in [-0.3, -0.25) is 0 Å². The van der Waals surface area contributed by atoms with Crippen molar-refractivity contribution in [2.24, 2.45) is 0 Å². The number of carbonyl (C=O) groups is 1. The number of anilines is 2. The van der Waals surface area contributed by atoms with Crippen LogP contribution in [0.5, 0.6) is 5.75 Å². The third-order valence-corrected chi connectivity index (χ3v) is 5.02. The van der Waals surface area contributed by atoms with Gasteiger partial charge in [0.15, 0.2) is 0 Å². The van der Waals surface area contributed by atoms with E-state index in [1.54, 1.807) is 7.11 Å². The molecule has 1 saturated heterocycles. The van der Waals surface area contributed by atoms with E-state index in [9.17, 15) is 4.79 Å². The Kier molecular flexibility index (Phi) is 4.83. The molecular formula is C22H23N3O2. The van der Waals surface area contributed by atoms with Crippen LogP contribution in [-0.2, 0) is 0 Å². The van der Waals surface area contributed by atoms with Crippen LogP contribution in [0.1, 0.15) is 0 Å². The molecule has 27 heavy (non-hydrogen) atoms. The number of nitrogens with one attached hydrogen (secondary N) is 1. The number of methoxy groups -OCH3 is 1. The molecule has 0 atom stereocenters. The highest BCUT2D eigenvalue weighted by molar-refractivity contribution is 6.01. The number of piperazine rings is 1. The van der Waals surface area contributed by atoms with Crippen LogP contribution in [0.15, 0.2) is 66.7 Å². The number of hydrogen-bond acceptors (Lipinski definition) is 3. The van der Waals surface area contributed by atoms with Crippen molar-refractivity contribution >= 4 is 28.2 Å².